The third-order valence-electron chi connectivity index (χ3n) is 4.13. The molecule has 1 heterocycles. The zero-order valence-corrected chi connectivity index (χ0v) is 16.5. The Morgan fingerprint density at radius 3 is 2.90 bits per heavy atom. The van der Waals surface area contributed by atoms with E-state index in [9.17, 15) is 14.9 Å². The lowest BCUT2D eigenvalue weighted by molar-refractivity contribution is -0.385. The zero-order chi connectivity index (χ0) is 21.0. The Bertz CT molecular complexity index is 969. The highest BCUT2D eigenvalue weighted by Gasteiger charge is 2.21. The molecule has 1 aliphatic rings. The molecule has 152 valence electrons. The van der Waals surface area contributed by atoms with Gasteiger partial charge in [0.05, 0.1) is 22.2 Å². The summed E-state index contributed by atoms with van der Waals surface area (Å²) in [5.74, 6) is -0.0619. The lowest BCUT2D eigenvalue weighted by atomic mass is 10.1. The van der Waals surface area contributed by atoms with E-state index in [-0.39, 0.29) is 25.7 Å². The van der Waals surface area contributed by atoms with Crippen LogP contribution >= 0.6 is 11.6 Å². The van der Waals surface area contributed by atoms with Gasteiger partial charge >= 0.3 is 0 Å². The Balaban J connectivity index is 1.65. The molecule has 3 rings (SSSR count). The Labute approximate surface area is 171 Å². The molecule has 9 nitrogen and oxygen atoms in total. The Morgan fingerprint density at radius 2 is 2.17 bits per heavy atom. The van der Waals surface area contributed by atoms with Gasteiger partial charge in [-0.05, 0) is 31.0 Å². The molecule has 0 atom stereocenters. The molecule has 1 N–H and O–H groups in total. The maximum Gasteiger partial charge on any atom is 0.270 e. The first-order valence-corrected chi connectivity index (χ1v) is 8.96. The molecular formula is C19H18ClN3O6. The van der Waals surface area contributed by atoms with Crippen molar-refractivity contribution in [1.29, 1.82) is 0 Å². The molecule has 1 aliphatic heterocycles. The smallest absolute Gasteiger partial charge is 0.270 e. The van der Waals surface area contributed by atoms with Crippen molar-refractivity contribution in [2.75, 3.05) is 12.1 Å². The molecule has 0 saturated heterocycles. The SMILES string of the molecule is Cc1cc(C)c(NC(=O)C=NOCc2cc([N+](=O)[O-])cc3c2OCOC3)c(Cl)c1. The first-order chi connectivity index (χ1) is 13.8. The van der Waals surface area contributed by atoms with Crippen molar-refractivity contribution in [2.24, 2.45) is 5.16 Å². The largest absolute Gasteiger partial charge is 0.467 e. The van der Waals surface area contributed by atoms with E-state index < -0.39 is 10.8 Å². The number of nitro benzene ring substituents is 1. The minimum absolute atomic E-state index is 0.0418. The Morgan fingerprint density at radius 1 is 1.38 bits per heavy atom. The van der Waals surface area contributed by atoms with Crippen molar-refractivity contribution in [3.8, 4) is 5.75 Å². The molecule has 0 unspecified atom stereocenters. The number of rotatable bonds is 6. The number of anilines is 1. The van der Waals surface area contributed by atoms with Crippen molar-refractivity contribution in [2.45, 2.75) is 27.1 Å². The summed E-state index contributed by atoms with van der Waals surface area (Å²) >= 11 is 6.16. The summed E-state index contributed by atoms with van der Waals surface area (Å²) in [5.41, 5.74) is 3.18. The quantitative estimate of drug-likeness (QED) is 0.432. The highest BCUT2D eigenvalue weighted by molar-refractivity contribution is 6.37. The number of benzene rings is 2. The number of hydrogen-bond acceptors (Lipinski definition) is 7. The number of hydrogen-bond donors (Lipinski definition) is 1. The Hall–Kier alpha value is -3.17. The Kier molecular flexibility index (Phi) is 6.30. The number of oxime groups is 1. The second kappa shape index (κ2) is 8.89. The molecule has 29 heavy (non-hydrogen) atoms. The molecule has 1 amide bonds. The van der Waals surface area contributed by atoms with Crippen molar-refractivity contribution in [3.05, 3.63) is 61.7 Å². The number of non-ortho nitro benzene ring substituents is 1. The molecule has 0 aliphatic carbocycles. The standard InChI is InChI=1S/C19H18ClN3O6/c1-11-3-12(2)18(16(20)4-11)22-17(24)7-21-29-9-14-6-15(23(25)26)5-13-8-27-10-28-19(13)14/h3-7H,8-10H2,1-2H3,(H,22,24). The zero-order valence-electron chi connectivity index (χ0n) is 15.7. The number of nitrogens with one attached hydrogen (secondary N) is 1. The van der Waals surface area contributed by atoms with E-state index in [4.69, 9.17) is 25.9 Å². The van der Waals surface area contributed by atoms with Gasteiger partial charge in [0.1, 0.15) is 18.6 Å². The van der Waals surface area contributed by atoms with Gasteiger partial charge in [0, 0.05) is 23.3 Å². The average molecular weight is 420 g/mol. The lowest BCUT2D eigenvalue weighted by Gasteiger charge is -2.19. The maximum atomic E-state index is 12.1. The lowest BCUT2D eigenvalue weighted by Crippen LogP contribution is -2.15. The van der Waals surface area contributed by atoms with E-state index in [1.54, 1.807) is 6.07 Å². The number of carbonyl (C=O) groups excluding carboxylic acids is 1. The van der Waals surface area contributed by atoms with Crippen LogP contribution in [-0.2, 0) is 27.6 Å². The van der Waals surface area contributed by atoms with E-state index in [0.717, 1.165) is 17.3 Å². The van der Waals surface area contributed by atoms with Gasteiger partial charge in [0.25, 0.3) is 11.6 Å². The minimum atomic E-state index is -0.524. The van der Waals surface area contributed by atoms with Gasteiger partial charge in [-0.15, -0.1) is 0 Å². The van der Waals surface area contributed by atoms with Crippen LogP contribution in [-0.4, -0.2) is 23.8 Å². The van der Waals surface area contributed by atoms with Crippen LogP contribution in [0.5, 0.6) is 5.75 Å². The highest BCUT2D eigenvalue weighted by atomic mass is 35.5. The number of ether oxygens (including phenoxy) is 2. The van der Waals surface area contributed by atoms with Crippen molar-refractivity contribution < 1.29 is 24.0 Å². The monoisotopic (exact) mass is 419 g/mol. The number of nitrogens with zero attached hydrogens (tertiary/aromatic N) is 2. The summed E-state index contributed by atoms with van der Waals surface area (Å²) in [6.45, 7) is 3.87. The topological polar surface area (TPSA) is 112 Å². The van der Waals surface area contributed by atoms with Gasteiger partial charge in [0.2, 0.25) is 0 Å². The van der Waals surface area contributed by atoms with Gasteiger partial charge < -0.3 is 19.6 Å². The van der Waals surface area contributed by atoms with Gasteiger partial charge in [-0.25, -0.2) is 0 Å². The van der Waals surface area contributed by atoms with Crippen LogP contribution in [0.2, 0.25) is 5.02 Å². The molecule has 0 fully saturated rings. The van der Waals surface area contributed by atoms with Gasteiger partial charge in [-0.2, -0.15) is 0 Å². The van der Waals surface area contributed by atoms with Crippen molar-refractivity contribution in [1.82, 2.24) is 0 Å². The molecular weight excluding hydrogens is 402 g/mol. The third-order valence-corrected chi connectivity index (χ3v) is 4.43. The normalized spacial score (nSPS) is 12.9. The summed E-state index contributed by atoms with van der Waals surface area (Å²) in [5, 5.41) is 17.8. The number of aryl methyl sites for hydroxylation is 2. The molecule has 2 aromatic carbocycles. The summed E-state index contributed by atoms with van der Waals surface area (Å²) < 4.78 is 10.6. The first-order valence-electron chi connectivity index (χ1n) is 8.59. The highest BCUT2D eigenvalue weighted by Crippen LogP contribution is 2.33. The maximum absolute atomic E-state index is 12.1. The second-order valence-corrected chi connectivity index (χ2v) is 6.80. The van der Waals surface area contributed by atoms with E-state index in [1.165, 1.54) is 12.1 Å². The van der Waals surface area contributed by atoms with Crippen LogP contribution < -0.4 is 10.1 Å². The summed E-state index contributed by atoms with van der Waals surface area (Å²) in [6, 6.07) is 6.37. The van der Waals surface area contributed by atoms with Crippen LogP contribution in [0.25, 0.3) is 0 Å². The molecule has 0 aromatic heterocycles. The molecule has 0 bridgehead atoms. The summed E-state index contributed by atoms with van der Waals surface area (Å²) in [4.78, 5) is 27.8. The fourth-order valence-electron chi connectivity index (χ4n) is 2.91. The van der Waals surface area contributed by atoms with Gasteiger partial charge in [-0.1, -0.05) is 22.8 Å². The summed E-state index contributed by atoms with van der Waals surface area (Å²) in [7, 11) is 0. The van der Waals surface area contributed by atoms with Gasteiger partial charge in [-0.3, -0.25) is 14.9 Å². The fraction of sp³-hybridized carbons (Fsp3) is 0.263. The summed E-state index contributed by atoms with van der Waals surface area (Å²) in [6.07, 6.45) is 0.962. The van der Waals surface area contributed by atoms with Crippen LogP contribution in [0, 0.1) is 24.0 Å². The third kappa shape index (κ3) is 5.01. The molecule has 0 saturated carbocycles. The number of nitro groups is 1. The first kappa shape index (κ1) is 20.6. The van der Waals surface area contributed by atoms with E-state index in [0.29, 0.717) is 27.6 Å². The molecule has 0 radical (unpaired) electrons. The van der Waals surface area contributed by atoms with E-state index in [2.05, 4.69) is 10.5 Å². The average Bonchev–Trinajstić information content (AvgIpc) is 2.67. The number of halogens is 1. The number of carbonyl (C=O) groups is 1. The van der Waals surface area contributed by atoms with Crippen LogP contribution in [0.15, 0.2) is 29.4 Å². The fourth-order valence-corrected chi connectivity index (χ4v) is 3.28. The number of amides is 1. The van der Waals surface area contributed by atoms with Crippen molar-refractivity contribution >= 4 is 35.1 Å². The van der Waals surface area contributed by atoms with Crippen molar-refractivity contribution in [3.63, 3.8) is 0 Å². The van der Waals surface area contributed by atoms with Crippen LogP contribution in [0.3, 0.4) is 0 Å². The van der Waals surface area contributed by atoms with Gasteiger partial charge in [0.15, 0.2) is 6.79 Å². The number of fused-ring (bicyclic) bond motifs is 1. The molecule has 0 spiro atoms. The molecule has 10 heteroatoms. The predicted octanol–water partition coefficient (Wildman–Crippen LogP) is 3.87. The van der Waals surface area contributed by atoms with E-state index in [1.807, 2.05) is 19.9 Å². The second-order valence-electron chi connectivity index (χ2n) is 6.40. The van der Waals surface area contributed by atoms with E-state index >= 15 is 0 Å². The van der Waals surface area contributed by atoms with Crippen LogP contribution in [0.4, 0.5) is 11.4 Å². The molecule has 2 aromatic rings. The van der Waals surface area contributed by atoms with Crippen LogP contribution in [0.1, 0.15) is 22.3 Å². The minimum Gasteiger partial charge on any atom is -0.467 e. The predicted molar refractivity (Wildman–Crippen MR) is 106 cm³/mol.